The van der Waals surface area contributed by atoms with Crippen LogP contribution in [-0.2, 0) is 0 Å². The minimum atomic E-state index is 0.00942. The Hall–Kier alpha value is -1.62. The number of carbonyl (C=O) groups excluding carboxylic acids is 1. The van der Waals surface area contributed by atoms with Crippen LogP contribution in [0.3, 0.4) is 0 Å². The summed E-state index contributed by atoms with van der Waals surface area (Å²) in [4.78, 5) is 19.1. The van der Waals surface area contributed by atoms with E-state index in [1.807, 2.05) is 0 Å². The standard InChI is InChI=1S/C10H8N2O2S/c1-7(13)8-2-3-9(12-6-8)15-10-11-4-5-14-10/h2-6H,1H3. The molecular formula is C10H8N2O2S. The lowest BCUT2D eigenvalue weighted by atomic mass is 10.2. The maximum absolute atomic E-state index is 11.0. The quantitative estimate of drug-likeness (QED) is 0.743. The molecular weight excluding hydrogens is 212 g/mol. The molecule has 0 amide bonds. The lowest BCUT2D eigenvalue weighted by Gasteiger charge is -1.97. The molecule has 4 nitrogen and oxygen atoms in total. The molecule has 2 rings (SSSR count). The van der Waals surface area contributed by atoms with Gasteiger partial charge in [-0.25, -0.2) is 9.97 Å². The van der Waals surface area contributed by atoms with Crippen LogP contribution in [0.1, 0.15) is 17.3 Å². The molecule has 0 saturated heterocycles. The van der Waals surface area contributed by atoms with Crippen LogP contribution in [0.25, 0.3) is 0 Å². The van der Waals surface area contributed by atoms with Crippen molar-refractivity contribution in [2.24, 2.45) is 0 Å². The molecule has 2 aromatic heterocycles. The van der Waals surface area contributed by atoms with Crippen LogP contribution in [0.4, 0.5) is 0 Å². The third-order valence-electron chi connectivity index (χ3n) is 1.74. The number of hydrogen-bond donors (Lipinski definition) is 0. The minimum absolute atomic E-state index is 0.00942. The van der Waals surface area contributed by atoms with Crippen LogP contribution in [0.2, 0.25) is 0 Å². The highest BCUT2D eigenvalue weighted by molar-refractivity contribution is 7.99. The predicted octanol–water partition coefficient (Wildman–Crippen LogP) is 2.42. The van der Waals surface area contributed by atoms with Gasteiger partial charge in [0.15, 0.2) is 5.78 Å². The van der Waals surface area contributed by atoms with E-state index in [0.717, 1.165) is 5.03 Å². The predicted molar refractivity (Wildman–Crippen MR) is 54.9 cm³/mol. The largest absolute Gasteiger partial charge is 0.440 e. The summed E-state index contributed by atoms with van der Waals surface area (Å²) in [6.45, 7) is 1.51. The van der Waals surface area contributed by atoms with Crippen LogP contribution >= 0.6 is 11.8 Å². The van der Waals surface area contributed by atoms with Crippen molar-refractivity contribution in [2.45, 2.75) is 17.2 Å². The summed E-state index contributed by atoms with van der Waals surface area (Å²) < 4.78 is 5.06. The molecule has 0 saturated carbocycles. The molecule has 0 aliphatic heterocycles. The first-order valence-electron chi connectivity index (χ1n) is 4.30. The van der Waals surface area contributed by atoms with Crippen molar-refractivity contribution in [3.8, 4) is 0 Å². The van der Waals surface area contributed by atoms with E-state index in [1.54, 1.807) is 24.5 Å². The van der Waals surface area contributed by atoms with Crippen molar-refractivity contribution >= 4 is 17.5 Å². The molecule has 0 atom stereocenters. The lowest BCUT2D eigenvalue weighted by Crippen LogP contribution is -1.92. The molecule has 5 heteroatoms. The highest BCUT2D eigenvalue weighted by Gasteiger charge is 2.04. The summed E-state index contributed by atoms with van der Waals surface area (Å²) in [6, 6.07) is 3.51. The van der Waals surface area contributed by atoms with Crippen molar-refractivity contribution in [1.29, 1.82) is 0 Å². The molecule has 0 radical (unpaired) electrons. The summed E-state index contributed by atoms with van der Waals surface area (Å²) in [5.74, 6) is 0.00942. The van der Waals surface area contributed by atoms with Gasteiger partial charge in [-0.1, -0.05) is 0 Å². The van der Waals surface area contributed by atoms with Gasteiger partial charge in [-0.3, -0.25) is 4.79 Å². The molecule has 0 aliphatic rings. The molecule has 2 heterocycles. The first-order chi connectivity index (χ1) is 7.25. The summed E-state index contributed by atoms with van der Waals surface area (Å²) >= 11 is 1.31. The van der Waals surface area contributed by atoms with E-state index in [2.05, 4.69) is 9.97 Å². The highest BCUT2D eigenvalue weighted by Crippen LogP contribution is 2.23. The zero-order valence-corrected chi connectivity index (χ0v) is 8.82. The first kappa shape index (κ1) is 9.92. The smallest absolute Gasteiger partial charge is 0.261 e. The van der Waals surface area contributed by atoms with Gasteiger partial charge in [-0.2, -0.15) is 0 Å². The van der Waals surface area contributed by atoms with E-state index < -0.39 is 0 Å². The van der Waals surface area contributed by atoms with Gasteiger partial charge in [-0.15, -0.1) is 0 Å². The second kappa shape index (κ2) is 4.27. The van der Waals surface area contributed by atoms with E-state index in [4.69, 9.17) is 4.42 Å². The molecule has 15 heavy (non-hydrogen) atoms. The number of carbonyl (C=O) groups is 1. The number of nitrogens with zero attached hydrogens (tertiary/aromatic N) is 2. The monoisotopic (exact) mass is 220 g/mol. The highest BCUT2D eigenvalue weighted by atomic mass is 32.2. The maximum atomic E-state index is 11.0. The number of oxazole rings is 1. The number of ketones is 1. The number of rotatable bonds is 3. The topological polar surface area (TPSA) is 56.0 Å². The first-order valence-corrected chi connectivity index (χ1v) is 5.11. The average Bonchev–Trinajstić information content (AvgIpc) is 2.71. The van der Waals surface area contributed by atoms with Crippen molar-refractivity contribution in [3.63, 3.8) is 0 Å². The van der Waals surface area contributed by atoms with Gasteiger partial charge in [0, 0.05) is 11.8 Å². The van der Waals surface area contributed by atoms with Crippen molar-refractivity contribution < 1.29 is 9.21 Å². The zero-order chi connectivity index (χ0) is 10.7. The summed E-state index contributed by atoms with van der Waals surface area (Å²) in [5, 5.41) is 1.29. The van der Waals surface area contributed by atoms with E-state index >= 15 is 0 Å². The fourth-order valence-corrected chi connectivity index (χ4v) is 1.64. The fourth-order valence-electron chi connectivity index (χ4n) is 0.999. The van der Waals surface area contributed by atoms with Gasteiger partial charge < -0.3 is 4.42 Å². The Balaban J connectivity index is 2.14. The molecule has 0 aromatic carbocycles. The van der Waals surface area contributed by atoms with Gasteiger partial charge in [0.25, 0.3) is 5.22 Å². The third-order valence-corrected chi connectivity index (χ3v) is 2.57. The number of hydrogen-bond acceptors (Lipinski definition) is 5. The summed E-state index contributed by atoms with van der Waals surface area (Å²) in [5.41, 5.74) is 0.603. The van der Waals surface area contributed by atoms with Gasteiger partial charge in [-0.05, 0) is 30.8 Å². The van der Waals surface area contributed by atoms with E-state index in [1.165, 1.54) is 24.9 Å². The Morgan fingerprint density at radius 2 is 2.27 bits per heavy atom. The lowest BCUT2D eigenvalue weighted by molar-refractivity contribution is 0.101. The second-order valence-corrected chi connectivity index (χ2v) is 3.81. The number of pyridine rings is 1. The fraction of sp³-hybridized carbons (Fsp3) is 0.100. The Morgan fingerprint density at radius 3 is 2.80 bits per heavy atom. The Kier molecular flexibility index (Phi) is 2.82. The molecule has 0 bridgehead atoms. The van der Waals surface area contributed by atoms with E-state index in [9.17, 15) is 4.79 Å². The minimum Gasteiger partial charge on any atom is -0.440 e. The summed E-state index contributed by atoms with van der Waals surface area (Å²) in [7, 11) is 0. The van der Waals surface area contributed by atoms with Crippen LogP contribution in [0.15, 0.2) is 45.5 Å². The zero-order valence-electron chi connectivity index (χ0n) is 8.01. The molecule has 0 unspecified atom stereocenters. The third kappa shape index (κ3) is 2.44. The van der Waals surface area contributed by atoms with Crippen LogP contribution in [-0.4, -0.2) is 15.8 Å². The molecule has 76 valence electrons. The molecule has 2 aromatic rings. The van der Waals surface area contributed by atoms with Gasteiger partial charge in [0.1, 0.15) is 11.3 Å². The van der Waals surface area contributed by atoms with Crippen LogP contribution < -0.4 is 0 Å². The van der Waals surface area contributed by atoms with Crippen molar-refractivity contribution in [3.05, 3.63) is 36.4 Å². The van der Waals surface area contributed by atoms with E-state index in [0.29, 0.717) is 10.8 Å². The molecule has 0 spiro atoms. The molecule has 0 N–H and O–H groups in total. The van der Waals surface area contributed by atoms with Gasteiger partial charge in [0.05, 0.1) is 6.20 Å². The number of aromatic nitrogens is 2. The number of Topliss-reactive ketones (excluding diaryl/α,β-unsaturated/α-hetero) is 1. The second-order valence-electron chi connectivity index (χ2n) is 2.84. The normalized spacial score (nSPS) is 10.2. The maximum Gasteiger partial charge on any atom is 0.261 e. The van der Waals surface area contributed by atoms with Crippen LogP contribution in [0, 0.1) is 0 Å². The van der Waals surface area contributed by atoms with Crippen LogP contribution in [0.5, 0.6) is 0 Å². The van der Waals surface area contributed by atoms with Crippen molar-refractivity contribution in [2.75, 3.05) is 0 Å². The van der Waals surface area contributed by atoms with E-state index in [-0.39, 0.29) is 5.78 Å². The van der Waals surface area contributed by atoms with Crippen molar-refractivity contribution in [1.82, 2.24) is 9.97 Å². The Labute approximate surface area is 90.7 Å². The van der Waals surface area contributed by atoms with Gasteiger partial charge in [0.2, 0.25) is 0 Å². The molecule has 0 fully saturated rings. The van der Waals surface area contributed by atoms with Gasteiger partial charge >= 0.3 is 0 Å². The Bertz CT molecular complexity index is 451. The SMILES string of the molecule is CC(=O)c1ccc(Sc2ncco2)nc1. The average molecular weight is 220 g/mol. The molecule has 0 aliphatic carbocycles. The summed E-state index contributed by atoms with van der Waals surface area (Å²) in [6.07, 6.45) is 4.63. The Morgan fingerprint density at radius 1 is 1.40 bits per heavy atom.